The molecular weight excluding hydrogens is 378 g/mol. The molecule has 0 fully saturated rings. The summed E-state index contributed by atoms with van der Waals surface area (Å²) in [5.41, 5.74) is 1.94. The third-order valence-corrected chi connectivity index (χ3v) is 4.73. The average Bonchev–Trinajstić information content (AvgIpc) is 2.73. The predicted molar refractivity (Wildman–Crippen MR) is 117 cm³/mol. The van der Waals surface area contributed by atoms with Gasteiger partial charge in [-0.1, -0.05) is 0 Å². The SMILES string of the molecule is [C-]#[N+]/C(C#N)=C1/C=C(C)OC(/C=C/c2cc3ccc(N(CC)CC)cc3oc2=O)=C1. The molecule has 1 aromatic heterocycles. The van der Waals surface area contributed by atoms with Crippen LogP contribution in [0, 0.1) is 17.9 Å². The van der Waals surface area contributed by atoms with Crippen LogP contribution in [0.2, 0.25) is 0 Å². The van der Waals surface area contributed by atoms with Crippen molar-refractivity contribution >= 4 is 22.7 Å². The number of hydrogen-bond donors (Lipinski definition) is 0. The van der Waals surface area contributed by atoms with E-state index in [1.54, 1.807) is 37.3 Å². The Labute approximate surface area is 175 Å². The highest BCUT2D eigenvalue weighted by molar-refractivity contribution is 5.82. The minimum atomic E-state index is -0.450. The molecule has 6 heteroatoms. The molecule has 0 aliphatic carbocycles. The largest absolute Gasteiger partial charge is 0.462 e. The third-order valence-electron chi connectivity index (χ3n) is 4.73. The van der Waals surface area contributed by atoms with E-state index >= 15 is 0 Å². The van der Waals surface area contributed by atoms with Gasteiger partial charge in [-0.05, 0) is 68.8 Å². The van der Waals surface area contributed by atoms with Crippen molar-refractivity contribution in [3.05, 3.63) is 92.7 Å². The second-order valence-corrected chi connectivity index (χ2v) is 6.65. The Morgan fingerprint density at radius 2 is 2.00 bits per heavy atom. The average molecular weight is 399 g/mol. The second kappa shape index (κ2) is 8.98. The first kappa shape index (κ1) is 20.7. The van der Waals surface area contributed by atoms with Gasteiger partial charge in [0.05, 0.1) is 18.2 Å². The van der Waals surface area contributed by atoms with E-state index < -0.39 is 5.63 Å². The molecule has 0 radical (unpaired) electrons. The number of fused-ring (bicyclic) bond motifs is 1. The molecule has 0 bridgehead atoms. The first-order valence-corrected chi connectivity index (χ1v) is 9.59. The van der Waals surface area contributed by atoms with Gasteiger partial charge < -0.3 is 14.1 Å². The monoisotopic (exact) mass is 399 g/mol. The van der Waals surface area contributed by atoms with Crippen LogP contribution in [0.4, 0.5) is 5.69 Å². The molecule has 1 aliphatic rings. The second-order valence-electron chi connectivity index (χ2n) is 6.65. The van der Waals surface area contributed by atoms with Crippen LogP contribution in [-0.2, 0) is 4.74 Å². The molecule has 3 rings (SSSR count). The van der Waals surface area contributed by atoms with E-state index in [4.69, 9.17) is 21.0 Å². The fourth-order valence-corrected chi connectivity index (χ4v) is 3.22. The third kappa shape index (κ3) is 4.34. The minimum Gasteiger partial charge on any atom is -0.462 e. The maximum Gasteiger partial charge on any atom is 0.343 e. The van der Waals surface area contributed by atoms with Gasteiger partial charge in [-0.2, -0.15) is 0 Å². The normalized spacial score (nSPS) is 15.1. The van der Waals surface area contributed by atoms with E-state index in [0.717, 1.165) is 24.2 Å². The van der Waals surface area contributed by atoms with E-state index in [1.165, 1.54) is 0 Å². The van der Waals surface area contributed by atoms with Crippen molar-refractivity contribution in [2.75, 3.05) is 18.0 Å². The van der Waals surface area contributed by atoms with E-state index in [1.807, 2.05) is 24.3 Å². The van der Waals surface area contributed by atoms with E-state index in [-0.39, 0.29) is 5.70 Å². The van der Waals surface area contributed by atoms with E-state index in [2.05, 4.69) is 23.6 Å². The van der Waals surface area contributed by atoms with Crippen molar-refractivity contribution in [3.8, 4) is 6.07 Å². The van der Waals surface area contributed by atoms with Crippen molar-refractivity contribution in [3.63, 3.8) is 0 Å². The van der Waals surface area contributed by atoms with Crippen LogP contribution in [0.15, 0.2) is 74.5 Å². The van der Waals surface area contributed by atoms with Gasteiger partial charge in [0.2, 0.25) is 0 Å². The summed E-state index contributed by atoms with van der Waals surface area (Å²) in [6.07, 6.45) is 6.46. The summed E-state index contributed by atoms with van der Waals surface area (Å²) in [5.74, 6) is 0.982. The molecule has 0 amide bonds. The summed E-state index contributed by atoms with van der Waals surface area (Å²) >= 11 is 0. The van der Waals surface area contributed by atoms with Crippen molar-refractivity contribution in [1.82, 2.24) is 0 Å². The molecule has 30 heavy (non-hydrogen) atoms. The van der Waals surface area contributed by atoms with Crippen molar-refractivity contribution < 1.29 is 9.15 Å². The van der Waals surface area contributed by atoms with Gasteiger partial charge >= 0.3 is 5.63 Å². The Balaban J connectivity index is 1.95. The molecule has 0 N–H and O–H groups in total. The highest BCUT2D eigenvalue weighted by Gasteiger charge is 2.11. The Bertz CT molecular complexity index is 1230. The lowest BCUT2D eigenvalue weighted by molar-refractivity contribution is 0.318. The molecule has 1 aromatic carbocycles. The van der Waals surface area contributed by atoms with Crippen molar-refractivity contribution in [2.45, 2.75) is 20.8 Å². The number of ether oxygens (including phenoxy) is 1. The Morgan fingerprint density at radius 3 is 2.67 bits per heavy atom. The summed E-state index contributed by atoms with van der Waals surface area (Å²) in [7, 11) is 0. The predicted octanol–water partition coefficient (Wildman–Crippen LogP) is 5.17. The maximum atomic E-state index is 12.5. The van der Waals surface area contributed by atoms with Crippen molar-refractivity contribution in [2.24, 2.45) is 0 Å². The number of hydrogen-bond acceptors (Lipinski definition) is 5. The number of anilines is 1. The van der Waals surface area contributed by atoms with Gasteiger partial charge in [-0.3, -0.25) is 0 Å². The van der Waals surface area contributed by atoms with Gasteiger partial charge in [0, 0.05) is 30.2 Å². The van der Waals surface area contributed by atoms with Gasteiger partial charge in [-0.15, -0.1) is 0 Å². The summed E-state index contributed by atoms with van der Waals surface area (Å²) in [4.78, 5) is 17.9. The molecule has 0 spiro atoms. The highest BCUT2D eigenvalue weighted by Crippen LogP contribution is 2.24. The number of nitriles is 1. The molecule has 150 valence electrons. The van der Waals surface area contributed by atoms with Crippen LogP contribution in [0.3, 0.4) is 0 Å². The first-order chi connectivity index (χ1) is 14.5. The van der Waals surface area contributed by atoms with Crippen LogP contribution in [0.25, 0.3) is 21.9 Å². The standard InChI is InChI=1S/C24H21N3O3/c1-5-27(6-2)20-9-7-17-12-18(24(28)30-23(17)14-20)8-10-21-13-19(11-16(3)29-21)22(15-25)26-4/h7-14H,5-6H2,1-3H3/b10-8+,22-19-. The van der Waals surface area contributed by atoms with Gasteiger partial charge in [0.25, 0.3) is 5.70 Å². The number of benzene rings is 1. The fraction of sp³-hybridized carbons (Fsp3) is 0.208. The van der Waals surface area contributed by atoms with Gasteiger partial charge in [-0.25, -0.2) is 14.9 Å². The smallest absolute Gasteiger partial charge is 0.343 e. The zero-order chi connectivity index (χ0) is 21.7. The lowest BCUT2D eigenvalue weighted by Gasteiger charge is -2.20. The topological polar surface area (TPSA) is 70.8 Å². The molecule has 0 saturated carbocycles. The first-order valence-electron chi connectivity index (χ1n) is 9.59. The van der Waals surface area contributed by atoms with Crippen LogP contribution in [0.5, 0.6) is 0 Å². The molecule has 0 saturated heterocycles. The number of rotatable bonds is 5. The summed E-state index contributed by atoms with van der Waals surface area (Å²) < 4.78 is 11.2. The van der Waals surface area contributed by atoms with Crippen LogP contribution < -0.4 is 10.5 Å². The van der Waals surface area contributed by atoms with Crippen LogP contribution in [0.1, 0.15) is 26.3 Å². The summed E-state index contributed by atoms with van der Waals surface area (Å²) in [6.45, 7) is 14.7. The number of allylic oxidation sites excluding steroid dienone is 6. The number of nitrogens with zero attached hydrogens (tertiary/aromatic N) is 3. The lowest BCUT2D eigenvalue weighted by Crippen LogP contribution is -2.21. The summed E-state index contributed by atoms with van der Waals surface area (Å²) in [5, 5.41) is 9.90. The van der Waals surface area contributed by atoms with Crippen LogP contribution in [-0.4, -0.2) is 13.1 Å². The Hall–Kier alpha value is -4.03. The van der Waals surface area contributed by atoms with Crippen molar-refractivity contribution in [1.29, 1.82) is 5.26 Å². The molecule has 1 aliphatic heterocycles. The molecule has 2 heterocycles. The van der Waals surface area contributed by atoms with Gasteiger partial charge in [0.15, 0.2) is 0 Å². The van der Waals surface area contributed by atoms with E-state index in [0.29, 0.717) is 28.2 Å². The Kier molecular flexibility index (Phi) is 6.20. The molecule has 0 unspecified atom stereocenters. The molecule has 0 atom stereocenters. The zero-order valence-electron chi connectivity index (χ0n) is 17.1. The minimum absolute atomic E-state index is 0.0159. The van der Waals surface area contributed by atoms with E-state index in [9.17, 15) is 4.79 Å². The molecule has 2 aromatic rings. The lowest BCUT2D eigenvalue weighted by atomic mass is 10.1. The quantitative estimate of drug-likeness (QED) is 0.394. The maximum absolute atomic E-state index is 12.5. The van der Waals surface area contributed by atoms with Crippen LogP contribution >= 0.6 is 0 Å². The highest BCUT2D eigenvalue weighted by atomic mass is 16.5. The van der Waals surface area contributed by atoms with Gasteiger partial charge in [0.1, 0.15) is 17.1 Å². The summed E-state index contributed by atoms with van der Waals surface area (Å²) in [6, 6.07) is 9.46. The zero-order valence-corrected chi connectivity index (χ0v) is 17.1. The Morgan fingerprint density at radius 1 is 1.23 bits per heavy atom. The molecular formula is C24H21N3O3. The molecule has 6 nitrogen and oxygen atoms in total. The fourth-order valence-electron chi connectivity index (χ4n) is 3.22.